The zero-order valence-corrected chi connectivity index (χ0v) is 9.81. The van der Waals surface area contributed by atoms with Crippen LogP contribution in [0.15, 0.2) is 6.33 Å². The highest BCUT2D eigenvalue weighted by molar-refractivity contribution is 6.31. The van der Waals surface area contributed by atoms with Crippen LogP contribution < -0.4 is 9.64 Å². The largest absolute Gasteiger partial charge is 0.490 e. The average Bonchev–Trinajstić information content (AvgIpc) is 3.09. The van der Waals surface area contributed by atoms with Gasteiger partial charge in [-0.05, 0) is 12.8 Å². The molecule has 1 aromatic heterocycles. The van der Waals surface area contributed by atoms with E-state index in [1.54, 1.807) is 0 Å². The summed E-state index contributed by atoms with van der Waals surface area (Å²) < 4.78 is 5.20. The van der Waals surface area contributed by atoms with Crippen LogP contribution in [0.4, 0.5) is 5.82 Å². The van der Waals surface area contributed by atoms with Crippen molar-refractivity contribution in [3.8, 4) is 5.75 Å². The summed E-state index contributed by atoms with van der Waals surface area (Å²) in [7, 11) is 1.54. The molecule has 2 rings (SSSR count). The average molecular weight is 244 g/mol. The molecule has 88 valence electrons. The Morgan fingerprint density at radius 2 is 2.31 bits per heavy atom. The van der Waals surface area contributed by atoms with Crippen molar-refractivity contribution in [3.63, 3.8) is 0 Å². The van der Waals surface area contributed by atoms with Crippen LogP contribution in [0, 0.1) is 0 Å². The summed E-state index contributed by atoms with van der Waals surface area (Å²) in [6.07, 6.45) is 3.64. The standard InChI is InChI=1S/C10H14ClN3O2/c1-16-8-9(11)12-6-13-10(8)14(4-5-15)7-2-3-7/h6-7,15H,2-5H2,1H3. The molecule has 0 unspecified atom stereocenters. The number of halogens is 1. The topological polar surface area (TPSA) is 58.5 Å². The van der Waals surface area contributed by atoms with Gasteiger partial charge in [-0.15, -0.1) is 0 Å². The van der Waals surface area contributed by atoms with Crippen molar-refractivity contribution < 1.29 is 9.84 Å². The quantitative estimate of drug-likeness (QED) is 0.785. The lowest BCUT2D eigenvalue weighted by Crippen LogP contribution is -2.30. The molecule has 0 saturated heterocycles. The first-order valence-electron chi connectivity index (χ1n) is 5.20. The number of rotatable bonds is 5. The molecule has 1 fully saturated rings. The lowest BCUT2D eigenvalue weighted by molar-refractivity contribution is 0.300. The van der Waals surface area contributed by atoms with E-state index in [2.05, 4.69) is 9.97 Å². The number of aliphatic hydroxyl groups is 1. The van der Waals surface area contributed by atoms with Crippen LogP contribution in [0.2, 0.25) is 5.15 Å². The predicted octanol–water partition coefficient (Wildman–Crippen LogP) is 1.10. The number of nitrogens with zero attached hydrogens (tertiary/aromatic N) is 3. The molecule has 0 bridgehead atoms. The second-order valence-electron chi connectivity index (χ2n) is 3.67. The summed E-state index contributed by atoms with van der Waals surface area (Å²) >= 11 is 5.93. The van der Waals surface area contributed by atoms with Gasteiger partial charge in [-0.3, -0.25) is 0 Å². The molecule has 1 aromatic rings. The summed E-state index contributed by atoms with van der Waals surface area (Å²) in [6.45, 7) is 0.621. The second kappa shape index (κ2) is 4.84. The van der Waals surface area contributed by atoms with Crippen molar-refractivity contribution >= 4 is 17.4 Å². The van der Waals surface area contributed by atoms with Crippen LogP contribution in [-0.2, 0) is 0 Å². The van der Waals surface area contributed by atoms with Crippen molar-refractivity contribution in [3.05, 3.63) is 11.5 Å². The fraction of sp³-hybridized carbons (Fsp3) is 0.600. The summed E-state index contributed by atoms with van der Waals surface area (Å²) in [5, 5.41) is 9.35. The maximum atomic E-state index is 9.05. The van der Waals surface area contributed by atoms with Gasteiger partial charge in [0.25, 0.3) is 0 Å². The molecule has 1 aliphatic carbocycles. The van der Waals surface area contributed by atoms with Crippen molar-refractivity contribution in [2.24, 2.45) is 0 Å². The SMILES string of the molecule is COc1c(Cl)ncnc1N(CCO)C1CC1. The monoisotopic (exact) mass is 243 g/mol. The normalized spacial score (nSPS) is 14.9. The Morgan fingerprint density at radius 3 is 2.88 bits per heavy atom. The lowest BCUT2D eigenvalue weighted by Gasteiger charge is -2.24. The van der Waals surface area contributed by atoms with Crippen molar-refractivity contribution in [1.29, 1.82) is 0 Å². The highest BCUT2D eigenvalue weighted by Gasteiger charge is 2.32. The Hall–Kier alpha value is -1.07. The maximum absolute atomic E-state index is 9.05. The van der Waals surface area contributed by atoms with Crippen LogP contribution in [0.5, 0.6) is 5.75 Å². The van der Waals surface area contributed by atoms with Gasteiger partial charge in [0.1, 0.15) is 6.33 Å². The van der Waals surface area contributed by atoms with Crippen molar-refractivity contribution in [2.75, 3.05) is 25.2 Å². The summed E-state index contributed by atoms with van der Waals surface area (Å²) in [5.41, 5.74) is 0. The van der Waals surface area contributed by atoms with Crippen LogP contribution in [0.3, 0.4) is 0 Å². The number of hydrogen-bond acceptors (Lipinski definition) is 5. The minimum absolute atomic E-state index is 0.0846. The molecule has 1 saturated carbocycles. The fourth-order valence-electron chi connectivity index (χ4n) is 1.68. The molecule has 0 aliphatic heterocycles. The van der Waals surface area contributed by atoms with Gasteiger partial charge in [0, 0.05) is 12.6 Å². The molecule has 1 heterocycles. The summed E-state index contributed by atoms with van der Waals surface area (Å²) in [5.74, 6) is 1.14. The Morgan fingerprint density at radius 1 is 1.56 bits per heavy atom. The molecule has 0 atom stereocenters. The predicted molar refractivity (Wildman–Crippen MR) is 61.0 cm³/mol. The first-order valence-corrected chi connectivity index (χ1v) is 5.57. The number of anilines is 1. The van der Waals surface area contributed by atoms with Crippen molar-refractivity contribution in [1.82, 2.24) is 9.97 Å². The number of aromatic nitrogens is 2. The minimum Gasteiger partial charge on any atom is -0.490 e. The van der Waals surface area contributed by atoms with Gasteiger partial charge in [-0.1, -0.05) is 11.6 Å². The highest BCUT2D eigenvalue weighted by atomic mass is 35.5. The Balaban J connectivity index is 2.32. The maximum Gasteiger partial charge on any atom is 0.199 e. The molecule has 0 spiro atoms. The fourth-order valence-corrected chi connectivity index (χ4v) is 1.88. The van der Waals surface area contributed by atoms with Crippen LogP contribution in [-0.4, -0.2) is 41.4 Å². The first kappa shape index (κ1) is 11.4. The van der Waals surface area contributed by atoms with Gasteiger partial charge in [-0.2, -0.15) is 0 Å². The lowest BCUT2D eigenvalue weighted by atomic mass is 10.4. The van der Waals surface area contributed by atoms with E-state index in [0.717, 1.165) is 12.8 Å². The molecule has 5 nitrogen and oxygen atoms in total. The Bertz CT molecular complexity index is 371. The Labute approximate surface area is 99.0 Å². The molecule has 16 heavy (non-hydrogen) atoms. The third-order valence-electron chi connectivity index (χ3n) is 2.55. The molecule has 0 amide bonds. The summed E-state index contributed by atoms with van der Waals surface area (Å²) in [4.78, 5) is 10.1. The molecular formula is C10H14ClN3O2. The molecule has 1 aliphatic rings. The highest BCUT2D eigenvalue weighted by Crippen LogP contribution is 2.37. The van der Waals surface area contributed by atoms with Gasteiger partial charge >= 0.3 is 0 Å². The zero-order chi connectivity index (χ0) is 11.5. The Kier molecular flexibility index (Phi) is 3.46. The van der Waals surface area contributed by atoms with Crippen LogP contribution >= 0.6 is 11.6 Å². The van der Waals surface area contributed by atoms with Crippen LogP contribution in [0.25, 0.3) is 0 Å². The molecule has 0 radical (unpaired) electrons. The number of ether oxygens (including phenoxy) is 1. The van der Waals surface area contributed by atoms with E-state index < -0.39 is 0 Å². The summed E-state index contributed by atoms with van der Waals surface area (Å²) in [6, 6.07) is 0.437. The van der Waals surface area contributed by atoms with E-state index in [0.29, 0.717) is 29.3 Å². The van der Waals surface area contributed by atoms with E-state index in [1.807, 2.05) is 4.90 Å². The van der Waals surface area contributed by atoms with E-state index in [-0.39, 0.29) is 6.61 Å². The van der Waals surface area contributed by atoms with Gasteiger partial charge in [-0.25, -0.2) is 9.97 Å². The van der Waals surface area contributed by atoms with E-state index in [9.17, 15) is 0 Å². The van der Waals surface area contributed by atoms with Crippen LogP contribution in [0.1, 0.15) is 12.8 Å². The van der Waals surface area contributed by atoms with Gasteiger partial charge in [0.2, 0.25) is 0 Å². The number of methoxy groups -OCH3 is 1. The van der Waals surface area contributed by atoms with E-state index in [1.165, 1.54) is 13.4 Å². The molecule has 1 N–H and O–H groups in total. The van der Waals surface area contributed by atoms with Gasteiger partial charge in [0.05, 0.1) is 13.7 Å². The smallest absolute Gasteiger partial charge is 0.199 e. The number of aliphatic hydroxyl groups excluding tert-OH is 1. The third kappa shape index (κ3) is 2.20. The second-order valence-corrected chi connectivity index (χ2v) is 4.03. The first-order chi connectivity index (χ1) is 7.77. The van der Waals surface area contributed by atoms with E-state index >= 15 is 0 Å². The number of hydrogen-bond donors (Lipinski definition) is 1. The van der Waals surface area contributed by atoms with Crippen molar-refractivity contribution in [2.45, 2.75) is 18.9 Å². The molecule has 6 heteroatoms. The van der Waals surface area contributed by atoms with Gasteiger partial charge < -0.3 is 14.7 Å². The van der Waals surface area contributed by atoms with Gasteiger partial charge in [0.15, 0.2) is 16.7 Å². The molecular weight excluding hydrogens is 230 g/mol. The zero-order valence-electron chi connectivity index (χ0n) is 9.06. The third-order valence-corrected chi connectivity index (χ3v) is 2.82. The minimum atomic E-state index is 0.0846. The molecule has 0 aromatic carbocycles. The van der Waals surface area contributed by atoms with E-state index in [4.69, 9.17) is 21.4 Å².